The van der Waals surface area contributed by atoms with Crippen molar-refractivity contribution in [3.63, 3.8) is 0 Å². The number of rotatable bonds is 2. The fourth-order valence-electron chi connectivity index (χ4n) is 1.22. The first-order valence-corrected chi connectivity index (χ1v) is 5.81. The number of hydrogen-bond donors (Lipinski definition) is 1. The van der Waals surface area contributed by atoms with E-state index in [0.717, 1.165) is 4.47 Å². The minimum atomic E-state index is 0.569. The van der Waals surface area contributed by atoms with Gasteiger partial charge in [-0.25, -0.2) is 0 Å². The molecule has 2 rings (SSSR count). The van der Waals surface area contributed by atoms with E-state index in [-0.39, 0.29) is 0 Å². The fourth-order valence-corrected chi connectivity index (χ4v) is 1.71. The summed E-state index contributed by atoms with van der Waals surface area (Å²) < 4.78 is 6.55. The monoisotopic (exact) mass is 297 g/mol. The molecule has 0 saturated carbocycles. The molecular weight excluding hydrogens is 289 g/mol. The van der Waals surface area contributed by atoms with Crippen LogP contribution in [0, 0.1) is 0 Å². The quantitative estimate of drug-likeness (QED) is 0.830. The van der Waals surface area contributed by atoms with Gasteiger partial charge in [-0.2, -0.15) is 0 Å². The molecule has 16 heavy (non-hydrogen) atoms. The Hall–Kier alpha value is -1.19. The summed E-state index contributed by atoms with van der Waals surface area (Å²) in [5, 5.41) is 0.569. The van der Waals surface area contributed by atoms with Crippen molar-refractivity contribution in [3.8, 4) is 11.5 Å². The van der Waals surface area contributed by atoms with Crippen LogP contribution in [0.15, 0.2) is 46.9 Å². The van der Waals surface area contributed by atoms with E-state index in [1.54, 1.807) is 30.3 Å². The highest BCUT2D eigenvalue weighted by Gasteiger charge is 2.03. The van der Waals surface area contributed by atoms with E-state index in [4.69, 9.17) is 22.1 Å². The molecule has 0 aliphatic rings. The highest BCUT2D eigenvalue weighted by Crippen LogP contribution is 2.32. The minimum absolute atomic E-state index is 0.569. The maximum absolute atomic E-state index is 6.01. The molecule has 82 valence electrons. The van der Waals surface area contributed by atoms with Gasteiger partial charge < -0.3 is 10.5 Å². The van der Waals surface area contributed by atoms with Crippen molar-refractivity contribution < 1.29 is 4.74 Å². The van der Waals surface area contributed by atoms with Crippen LogP contribution in [0.1, 0.15) is 0 Å². The summed E-state index contributed by atoms with van der Waals surface area (Å²) in [5.74, 6) is 1.31. The molecule has 0 spiro atoms. The van der Waals surface area contributed by atoms with Gasteiger partial charge in [0.1, 0.15) is 11.5 Å². The van der Waals surface area contributed by atoms with Crippen LogP contribution in [-0.4, -0.2) is 0 Å². The van der Waals surface area contributed by atoms with Crippen molar-refractivity contribution in [2.45, 2.75) is 0 Å². The second-order valence-electron chi connectivity index (χ2n) is 3.25. The summed E-state index contributed by atoms with van der Waals surface area (Å²) in [4.78, 5) is 0. The molecule has 0 bridgehead atoms. The Bertz CT molecular complexity index is 499. The summed E-state index contributed by atoms with van der Waals surface area (Å²) in [6, 6.07) is 12.6. The molecule has 2 aromatic rings. The van der Waals surface area contributed by atoms with Crippen molar-refractivity contribution in [1.82, 2.24) is 0 Å². The standard InChI is InChI=1S/C12H9BrClNO/c13-8-1-6-11(14)12(7-8)16-10-4-2-9(15)3-5-10/h1-7H,15H2. The maximum atomic E-state index is 6.01. The number of anilines is 1. The van der Waals surface area contributed by atoms with E-state index < -0.39 is 0 Å². The van der Waals surface area contributed by atoms with Crippen LogP contribution in [0.2, 0.25) is 5.02 Å². The third-order valence-corrected chi connectivity index (χ3v) is 2.81. The van der Waals surface area contributed by atoms with E-state index in [1.807, 2.05) is 12.1 Å². The normalized spacial score (nSPS) is 10.1. The van der Waals surface area contributed by atoms with Gasteiger partial charge in [0.15, 0.2) is 0 Å². The highest BCUT2D eigenvalue weighted by atomic mass is 79.9. The predicted molar refractivity (Wildman–Crippen MR) is 70.1 cm³/mol. The van der Waals surface area contributed by atoms with E-state index in [9.17, 15) is 0 Å². The molecule has 0 aliphatic heterocycles. The van der Waals surface area contributed by atoms with E-state index in [0.29, 0.717) is 22.2 Å². The number of ether oxygens (including phenoxy) is 1. The zero-order valence-electron chi connectivity index (χ0n) is 8.28. The summed E-state index contributed by atoms with van der Waals surface area (Å²) >= 11 is 9.37. The van der Waals surface area contributed by atoms with Crippen molar-refractivity contribution in [2.24, 2.45) is 0 Å². The number of nitrogens with two attached hydrogens (primary N) is 1. The molecule has 4 heteroatoms. The topological polar surface area (TPSA) is 35.2 Å². The number of halogens is 2. The Morgan fingerprint density at radius 1 is 1.06 bits per heavy atom. The lowest BCUT2D eigenvalue weighted by molar-refractivity contribution is 0.482. The Labute approximate surface area is 107 Å². The van der Waals surface area contributed by atoms with Gasteiger partial charge in [-0.1, -0.05) is 27.5 Å². The van der Waals surface area contributed by atoms with Crippen LogP contribution in [0.3, 0.4) is 0 Å². The van der Waals surface area contributed by atoms with Crippen LogP contribution in [0.5, 0.6) is 11.5 Å². The summed E-state index contributed by atoms with van der Waals surface area (Å²) in [7, 11) is 0. The van der Waals surface area contributed by atoms with Gasteiger partial charge in [0, 0.05) is 10.2 Å². The first kappa shape index (κ1) is 11.3. The highest BCUT2D eigenvalue weighted by molar-refractivity contribution is 9.10. The Morgan fingerprint density at radius 3 is 2.44 bits per heavy atom. The van der Waals surface area contributed by atoms with Gasteiger partial charge in [-0.3, -0.25) is 0 Å². The third kappa shape index (κ3) is 2.68. The summed E-state index contributed by atoms with van der Waals surface area (Å²) in [6.07, 6.45) is 0. The Balaban J connectivity index is 2.26. The Morgan fingerprint density at radius 2 is 1.75 bits per heavy atom. The van der Waals surface area contributed by atoms with Crippen LogP contribution in [-0.2, 0) is 0 Å². The van der Waals surface area contributed by atoms with Gasteiger partial charge in [-0.15, -0.1) is 0 Å². The van der Waals surface area contributed by atoms with Gasteiger partial charge in [-0.05, 0) is 42.5 Å². The summed E-state index contributed by atoms with van der Waals surface area (Å²) in [6.45, 7) is 0. The minimum Gasteiger partial charge on any atom is -0.456 e. The smallest absolute Gasteiger partial charge is 0.147 e. The predicted octanol–water partition coefficient (Wildman–Crippen LogP) is 4.48. The number of benzene rings is 2. The molecule has 0 heterocycles. The Kier molecular flexibility index (Phi) is 3.36. The lowest BCUT2D eigenvalue weighted by atomic mass is 10.3. The first-order chi connectivity index (χ1) is 7.65. The molecule has 2 aromatic carbocycles. The van der Waals surface area contributed by atoms with E-state index >= 15 is 0 Å². The molecule has 2 N–H and O–H groups in total. The zero-order valence-corrected chi connectivity index (χ0v) is 10.6. The average molecular weight is 299 g/mol. The lowest BCUT2D eigenvalue weighted by Crippen LogP contribution is -1.87. The van der Waals surface area contributed by atoms with E-state index in [1.165, 1.54) is 0 Å². The van der Waals surface area contributed by atoms with Gasteiger partial charge in [0.25, 0.3) is 0 Å². The molecule has 0 aromatic heterocycles. The van der Waals surface area contributed by atoms with Gasteiger partial charge in [0.05, 0.1) is 5.02 Å². The van der Waals surface area contributed by atoms with Crippen LogP contribution < -0.4 is 10.5 Å². The zero-order chi connectivity index (χ0) is 11.5. The SMILES string of the molecule is Nc1ccc(Oc2cc(Br)ccc2Cl)cc1. The maximum Gasteiger partial charge on any atom is 0.147 e. The van der Waals surface area contributed by atoms with Crippen LogP contribution in [0.4, 0.5) is 5.69 Å². The van der Waals surface area contributed by atoms with Crippen LogP contribution >= 0.6 is 27.5 Å². The van der Waals surface area contributed by atoms with Crippen molar-refractivity contribution in [2.75, 3.05) is 5.73 Å². The molecule has 0 atom stereocenters. The van der Waals surface area contributed by atoms with Crippen molar-refractivity contribution >= 4 is 33.2 Å². The van der Waals surface area contributed by atoms with Gasteiger partial charge in [0.2, 0.25) is 0 Å². The molecule has 0 saturated heterocycles. The number of nitrogen functional groups attached to an aromatic ring is 1. The molecule has 0 unspecified atom stereocenters. The molecule has 0 radical (unpaired) electrons. The average Bonchev–Trinajstić information content (AvgIpc) is 2.27. The lowest BCUT2D eigenvalue weighted by Gasteiger charge is -2.08. The molecule has 0 amide bonds. The second-order valence-corrected chi connectivity index (χ2v) is 4.57. The second kappa shape index (κ2) is 4.76. The molecule has 0 fully saturated rings. The van der Waals surface area contributed by atoms with Crippen LogP contribution in [0.25, 0.3) is 0 Å². The molecule has 0 aliphatic carbocycles. The van der Waals surface area contributed by atoms with Crippen molar-refractivity contribution in [3.05, 3.63) is 52.0 Å². The summed E-state index contributed by atoms with van der Waals surface area (Å²) in [5.41, 5.74) is 6.29. The van der Waals surface area contributed by atoms with E-state index in [2.05, 4.69) is 15.9 Å². The largest absolute Gasteiger partial charge is 0.456 e. The first-order valence-electron chi connectivity index (χ1n) is 4.63. The number of hydrogen-bond acceptors (Lipinski definition) is 2. The molecule has 2 nitrogen and oxygen atoms in total. The third-order valence-electron chi connectivity index (χ3n) is 2.00. The van der Waals surface area contributed by atoms with Gasteiger partial charge >= 0.3 is 0 Å². The fraction of sp³-hybridized carbons (Fsp3) is 0. The molecular formula is C12H9BrClNO. The van der Waals surface area contributed by atoms with Crippen molar-refractivity contribution in [1.29, 1.82) is 0 Å².